The topological polar surface area (TPSA) is 70.6 Å². The van der Waals surface area contributed by atoms with E-state index in [1.54, 1.807) is 26.0 Å². The summed E-state index contributed by atoms with van der Waals surface area (Å²) in [5.74, 6) is -1.75. The molecule has 3 aromatic rings. The van der Waals surface area contributed by atoms with Gasteiger partial charge in [-0.3, -0.25) is 9.69 Å². The third kappa shape index (κ3) is 5.31. The fourth-order valence-corrected chi connectivity index (χ4v) is 5.14. The van der Waals surface area contributed by atoms with Crippen LogP contribution in [0.3, 0.4) is 0 Å². The smallest absolute Gasteiger partial charge is 0.233 e. The van der Waals surface area contributed by atoms with E-state index in [1.807, 2.05) is 19.0 Å². The summed E-state index contributed by atoms with van der Waals surface area (Å²) < 4.78 is 52.6. The van der Waals surface area contributed by atoms with Gasteiger partial charge in [-0.25, -0.2) is 22.2 Å². The monoisotopic (exact) mass is 481 g/mol. The first kappa shape index (κ1) is 24.2. The largest absolute Gasteiger partial charge is 0.308 e. The molecule has 3 rings (SSSR count). The maximum absolute atomic E-state index is 14.1. The number of thiazole rings is 1. The average molecular weight is 482 g/mol. The van der Waals surface area contributed by atoms with Gasteiger partial charge >= 0.3 is 0 Å². The first-order valence-electron chi connectivity index (χ1n) is 10.0. The van der Waals surface area contributed by atoms with Gasteiger partial charge in [-0.2, -0.15) is 0 Å². The summed E-state index contributed by atoms with van der Waals surface area (Å²) in [4.78, 5) is 20.9. The van der Waals surface area contributed by atoms with Crippen molar-refractivity contribution in [3.8, 4) is 0 Å². The number of rotatable bonds is 8. The molecule has 10 heteroatoms. The Morgan fingerprint density at radius 3 is 2.34 bits per heavy atom. The van der Waals surface area contributed by atoms with Crippen molar-refractivity contribution in [2.24, 2.45) is 0 Å². The molecular weight excluding hydrogens is 456 g/mol. The van der Waals surface area contributed by atoms with Crippen molar-refractivity contribution in [2.75, 3.05) is 32.1 Å². The minimum atomic E-state index is -3.40. The molecule has 6 nitrogen and oxygen atoms in total. The molecule has 0 atom stereocenters. The zero-order valence-electron chi connectivity index (χ0n) is 18.3. The van der Waals surface area contributed by atoms with Crippen LogP contribution in [0.5, 0.6) is 0 Å². The molecule has 1 amide bonds. The first-order chi connectivity index (χ1) is 15.0. The van der Waals surface area contributed by atoms with E-state index in [-0.39, 0.29) is 27.9 Å². The Balaban J connectivity index is 1.88. The van der Waals surface area contributed by atoms with Crippen molar-refractivity contribution in [1.82, 2.24) is 9.88 Å². The zero-order valence-corrected chi connectivity index (χ0v) is 19.9. The number of anilines is 1. The fraction of sp³-hybridized carbons (Fsp3) is 0.364. The fourth-order valence-electron chi connectivity index (χ4n) is 3.03. The zero-order chi connectivity index (χ0) is 23.6. The highest BCUT2D eigenvalue weighted by molar-refractivity contribution is 7.92. The molecule has 0 saturated heterocycles. The van der Waals surface area contributed by atoms with E-state index in [0.717, 1.165) is 17.4 Å². The number of aromatic nitrogens is 1. The van der Waals surface area contributed by atoms with Crippen molar-refractivity contribution in [3.05, 3.63) is 53.6 Å². The Morgan fingerprint density at radius 1 is 1.09 bits per heavy atom. The Hall–Kier alpha value is -2.43. The molecule has 0 saturated carbocycles. The molecule has 1 heterocycles. The van der Waals surface area contributed by atoms with Gasteiger partial charge in [-0.15, -0.1) is 0 Å². The predicted octanol–water partition coefficient (Wildman–Crippen LogP) is 3.89. The van der Waals surface area contributed by atoms with Gasteiger partial charge in [0.2, 0.25) is 5.91 Å². The van der Waals surface area contributed by atoms with Crippen LogP contribution in [0, 0.1) is 11.6 Å². The third-order valence-corrected chi connectivity index (χ3v) is 8.13. The number of hydrogen-bond donors (Lipinski definition) is 0. The van der Waals surface area contributed by atoms with Crippen molar-refractivity contribution in [3.63, 3.8) is 0 Å². The number of fused-ring (bicyclic) bond motifs is 1. The van der Waals surface area contributed by atoms with E-state index in [9.17, 15) is 22.0 Å². The third-order valence-electron chi connectivity index (χ3n) is 4.93. The number of likely N-dealkylation sites (N-methyl/N-ethyl adjacent to an activating group) is 1. The lowest BCUT2D eigenvalue weighted by molar-refractivity contribution is -0.118. The molecule has 0 spiro atoms. The van der Waals surface area contributed by atoms with Crippen molar-refractivity contribution < 1.29 is 22.0 Å². The highest BCUT2D eigenvalue weighted by Gasteiger charge is 2.23. The molecular formula is C22H25F2N3O3S2. The van der Waals surface area contributed by atoms with Gasteiger partial charge in [0.1, 0.15) is 11.3 Å². The van der Waals surface area contributed by atoms with Crippen LogP contribution in [-0.4, -0.2) is 56.6 Å². The van der Waals surface area contributed by atoms with Crippen LogP contribution >= 0.6 is 11.3 Å². The molecule has 0 aliphatic carbocycles. The summed E-state index contributed by atoms with van der Waals surface area (Å²) in [6.07, 6.45) is 0.0161. The molecule has 0 unspecified atom stereocenters. The maximum atomic E-state index is 14.1. The highest BCUT2D eigenvalue weighted by atomic mass is 32.2. The second-order valence-corrected chi connectivity index (χ2v) is 11.5. The predicted molar refractivity (Wildman–Crippen MR) is 123 cm³/mol. The summed E-state index contributed by atoms with van der Waals surface area (Å²) in [6.45, 7) is 4.09. The lowest BCUT2D eigenvalue weighted by Gasteiger charge is -2.22. The normalized spacial score (nSPS) is 12.1. The number of carbonyl (C=O) groups excluding carboxylic acids is 1. The Morgan fingerprint density at radius 2 is 1.75 bits per heavy atom. The number of benzene rings is 2. The summed E-state index contributed by atoms with van der Waals surface area (Å²) in [5, 5.41) is -0.254. The van der Waals surface area contributed by atoms with Crippen LogP contribution in [0.15, 0.2) is 41.3 Å². The molecule has 172 valence electrons. The second-order valence-electron chi connectivity index (χ2n) is 7.99. The van der Waals surface area contributed by atoms with Gasteiger partial charge in [-0.1, -0.05) is 23.5 Å². The van der Waals surface area contributed by atoms with Gasteiger partial charge in [0, 0.05) is 19.2 Å². The number of hydrogen-bond acceptors (Lipinski definition) is 6. The number of carbonyl (C=O) groups is 1. The van der Waals surface area contributed by atoms with Crippen LogP contribution < -0.4 is 4.90 Å². The average Bonchev–Trinajstić information content (AvgIpc) is 3.12. The van der Waals surface area contributed by atoms with E-state index in [4.69, 9.17) is 0 Å². The molecule has 2 aromatic carbocycles. The van der Waals surface area contributed by atoms with E-state index in [1.165, 1.54) is 23.1 Å². The molecule has 32 heavy (non-hydrogen) atoms. The first-order valence-corrected chi connectivity index (χ1v) is 12.4. The molecule has 0 aliphatic heterocycles. The SMILES string of the molecule is CC(C)S(=O)(=O)c1ccc(CC(=O)N(CCN(C)C)c2nc3c(F)cc(F)cc3s2)cc1. The number of amides is 1. The minimum absolute atomic E-state index is 0.0161. The van der Waals surface area contributed by atoms with Crippen molar-refractivity contribution in [2.45, 2.75) is 30.4 Å². The molecule has 0 radical (unpaired) electrons. The van der Waals surface area contributed by atoms with Gasteiger partial charge in [0.05, 0.1) is 21.3 Å². The minimum Gasteiger partial charge on any atom is -0.308 e. The van der Waals surface area contributed by atoms with Crippen molar-refractivity contribution in [1.29, 1.82) is 0 Å². The van der Waals surface area contributed by atoms with Gasteiger partial charge in [0.15, 0.2) is 20.8 Å². The summed E-state index contributed by atoms with van der Waals surface area (Å²) in [6, 6.07) is 8.19. The van der Waals surface area contributed by atoms with E-state index in [2.05, 4.69) is 4.98 Å². The maximum Gasteiger partial charge on any atom is 0.233 e. The van der Waals surface area contributed by atoms with Crippen molar-refractivity contribution >= 4 is 42.4 Å². The standard InChI is InChI=1S/C22H25F2N3O3S2/c1-14(2)32(29,30)17-7-5-15(6-8-17)11-20(28)27(10-9-26(3)4)22-25-21-18(24)12-16(23)13-19(21)31-22/h5-8,12-14H,9-11H2,1-4H3. The van der Waals surface area contributed by atoms with Gasteiger partial charge in [-0.05, 0) is 51.7 Å². The van der Waals surface area contributed by atoms with Crippen LogP contribution in [-0.2, 0) is 21.1 Å². The molecule has 0 aliphatic rings. The Bertz CT molecular complexity index is 1220. The summed E-state index contributed by atoms with van der Waals surface area (Å²) in [7, 11) is 0.333. The number of halogens is 2. The Kier molecular flexibility index (Phi) is 7.26. The van der Waals surface area contributed by atoms with Gasteiger partial charge < -0.3 is 4.90 Å². The molecule has 0 fully saturated rings. The molecule has 1 aromatic heterocycles. The number of nitrogens with zero attached hydrogens (tertiary/aromatic N) is 3. The summed E-state index contributed by atoms with van der Waals surface area (Å²) in [5.41, 5.74) is 0.670. The van der Waals surface area contributed by atoms with Crippen LogP contribution in [0.4, 0.5) is 13.9 Å². The quantitative estimate of drug-likeness (QED) is 0.488. The van der Waals surface area contributed by atoms with Crippen LogP contribution in [0.1, 0.15) is 19.4 Å². The lowest BCUT2D eigenvalue weighted by atomic mass is 10.1. The second kappa shape index (κ2) is 9.60. The molecule has 0 bridgehead atoms. The van der Waals surface area contributed by atoms with E-state index >= 15 is 0 Å². The highest BCUT2D eigenvalue weighted by Crippen LogP contribution is 2.31. The lowest BCUT2D eigenvalue weighted by Crippen LogP contribution is -2.37. The van der Waals surface area contributed by atoms with E-state index < -0.39 is 26.7 Å². The van der Waals surface area contributed by atoms with Crippen LogP contribution in [0.2, 0.25) is 0 Å². The summed E-state index contributed by atoms with van der Waals surface area (Å²) >= 11 is 1.05. The Labute approximate surface area is 190 Å². The molecule has 0 N–H and O–H groups in total. The van der Waals surface area contributed by atoms with Gasteiger partial charge in [0.25, 0.3) is 0 Å². The van der Waals surface area contributed by atoms with Crippen LogP contribution in [0.25, 0.3) is 10.2 Å². The number of sulfone groups is 1. The van der Waals surface area contributed by atoms with E-state index in [0.29, 0.717) is 23.4 Å².